The first-order valence-corrected chi connectivity index (χ1v) is 13.1. The highest BCUT2D eigenvalue weighted by molar-refractivity contribution is 5.99. The standard InChI is InChI=1S/C29H42O4/c1-27(31)14-15-29(18-32-3)20(17-27)8-9-22-23-10-11-25(28(23,2)13-12-24(22)29)26(30)19-6-5-7-21(16-19)33-4/h5-7,16,20,22-25,31H,8-15,17-18H2,1-4H3/t20?,22-,23-,24-,25+,27+,28-,29+/m0/s1. The lowest BCUT2D eigenvalue weighted by Crippen LogP contribution is -2.58. The van der Waals surface area contributed by atoms with Crippen LogP contribution in [-0.4, -0.2) is 37.3 Å². The SMILES string of the molecule is COC[C@]12CC[C@@](C)(O)CC1CC[C@@H]1[C@@H]2CC[C@]2(C)[C@@H](C(=O)c3cccc(OC)c3)CC[C@@H]12. The fourth-order valence-electron chi connectivity index (χ4n) is 9.19. The summed E-state index contributed by atoms with van der Waals surface area (Å²) in [7, 11) is 3.52. The van der Waals surface area contributed by atoms with Gasteiger partial charge in [-0.05, 0) is 111 Å². The summed E-state index contributed by atoms with van der Waals surface area (Å²) in [5.74, 6) is 3.70. The smallest absolute Gasteiger partial charge is 0.166 e. The molecule has 1 N–H and O–H groups in total. The van der Waals surface area contributed by atoms with Crippen molar-refractivity contribution in [2.24, 2.45) is 40.4 Å². The topological polar surface area (TPSA) is 55.8 Å². The molecule has 182 valence electrons. The lowest BCUT2D eigenvalue weighted by atomic mass is 9.43. The second kappa shape index (κ2) is 8.37. The monoisotopic (exact) mass is 454 g/mol. The lowest BCUT2D eigenvalue weighted by Gasteiger charge is -2.62. The number of aliphatic hydroxyl groups is 1. The number of benzene rings is 1. The molecule has 0 radical (unpaired) electrons. The zero-order valence-electron chi connectivity index (χ0n) is 20.9. The number of carbonyl (C=O) groups is 1. The zero-order valence-corrected chi connectivity index (χ0v) is 20.9. The quantitative estimate of drug-likeness (QED) is 0.562. The van der Waals surface area contributed by atoms with Crippen molar-refractivity contribution in [3.05, 3.63) is 29.8 Å². The number of hydrogen-bond acceptors (Lipinski definition) is 4. The maximum atomic E-state index is 13.7. The third-order valence-corrected chi connectivity index (χ3v) is 10.7. The van der Waals surface area contributed by atoms with Crippen molar-refractivity contribution < 1.29 is 19.4 Å². The van der Waals surface area contributed by atoms with E-state index in [2.05, 4.69) is 6.92 Å². The normalized spacial score (nSPS) is 44.5. The van der Waals surface area contributed by atoms with E-state index in [1.54, 1.807) is 7.11 Å². The van der Waals surface area contributed by atoms with Gasteiger partial charge in [-0.3, -0.25) is 4.79 Å². The summed E-state index contributed by atoms with van der Waals surface area (Å²) >= 11 is 0. The zero-order chi connectivity index (χ0) is 23.4. The molecule has 4 saturated carbocycles. The summed E-state index contributed by atoms with van der Waals surface area (Å²) in [4.78, 5) is 13.7. The van der Waals surface area contributed by atoms with Gasteiger partial charge in [0.2, 0.25) is 0 Å². The van der Waals surface area contributed by atoms with Crippen molar-refractivity contribution in [3.63, 3.8) is 0 Å². The van der Waals surface area contributed by atoms with Crippen molar-refractivity contribution in [1.29, 1.82) is 0 Å². The molecule has 4 fully saturated rings. The molecular weight excluding hydrogens is 412 g/mol. The predicted molar refractivity (Wildman–Crippen MR) is 129 cm³/mol. The summed E-state index contributed by atoms with van der Waals surface area (Å²) in [6.45, 7) is 5.27. The van der Waals surface area contributed by atoms with Crippen LogP contribution in [-0.2, 0) is 4.74 Å². The van der Waals surface area contributed by atoms with E-state index in [1.807, 2.05) is 38.3 Å². The van der Waals surface area contributed by atoms with Crippen LogP contribution < -0.4 is 4.74 Å². The van der Waals surface area contributed by atoms with E-state index in [-0.39, 0.29) is 16.7 Å². The van der Waals surface area contributed by atoms with Crippen LogP contribution in [0.3, 0.4) is 0 Å². The molecule has 0 saturated heterocycles. The number of methoxy groups -OCH3 is 2. The Kier molecular flexibility index (Phi) is 5.93. The number of hydrogen-bond donors (Lipinski definition) is 1. The minimum absolute atomic E-state index is 0.0859. The molecule has 4 aliphatic rings. The van der Waals surface area contributed by atoms with E-state index in [4.69, 9.17) is 9.47 Å². The maximum absolute atomic E-state index is 13.7. The molecule has 0 amide bonds. The minimum Gasteiger partial charge on any atom is -0.497 e. The third kappa shape index (κ3) is 3.67. The van der Waals surface area contributed by atoms with E-state index in [9.17, 15) is 9.90 Å². The van der Waals surface area contributed by atoms with Crippen molar-refractivity contribution >= 4 is 5.78 Å². The second-order valence-corrected chi connectivity index (χ2v) is 12.3. The van der Waals surface area contributed by atoms with Crippen molar-refractivity contribution in [1.82, 2.24) is 0 Å². The molecule has 1 aromatic carbocycles. The van der Waals surface area contributed by atoms with E-state index >= 15 is 0 Å². The van der Waals surface area contributed by atoms with E-state index in [0.29, 0.717) is 29.5 Å². The number of fused-ring (bicyclic) bond motifs is 5. The first kappa shape index (κ1) is 23.4. The highest BCUT2D eigenvalue weighted by atomic mass is 16.5. The van der Waals surface area contributed by atoms with Crippen LogP contribution in [0.15, 0.2) is 24.3 Å². The Morgan fingerprint density at radius 1 is 1.03 bits per heavy atom. The first-order valence-electron chi connectivity index (χ1n) is 13.1. The van der Waals surface area contributed by atoms with Gasteiger partial charge in [-0.15, -0.1) is 0 Å². The molecule has 1 aromatic rings. The van der Waals surface area contributed by atoms with Gasteiger partial charge in [-0.25, -0.2) is 0 Å². The van der Waals surface area contributed by atoms with Crippen LogP contribution in [0.2, 0.25) is 0 Å². The summed E-state index contributed by atoms with van der Waals surface area (Å²) in [5, 5.41) is 10.8. The van der Waals surface area contributed by atoms with Crippen LogP contribution in [0.1, 0.15) is 82.0 Å². The van der Waals surface area contributed by atoms with Gasteiger partial charge in [-0.1, -0.05) is 19.1 Å². The molecule has 1 unspecified atom stereocenters. The van der Waals surface area contributed by atoms with E-state index in [1.165, 1.54) is 25.7 Å². The number of rotatable bonds is 5. The second-order valence-electron chi connectivity index (χ2n) is 12.3. The van der Waals surface area contributed by atoms with Crippen LogP contribution in [0, 0.1) is 40.4 Å². The molecule has 0 spiro atoms. The van der Waals surface area contributed by atoms with Gasteiger partial charge in [0.05, 0.1) is 19.3 Å². The highest BCUT2D eigenvalue weighted by Gasteiger charge is 2.63. The number of carbonyl (C=O) groups excluding carboxylic acids is 1. The van der Waals surface area contributed by atoms with Gasteiger partial charge in [0.25, 0.3) is 0 Å². The molecule has 8 atom stereocenters. The molecule has 33 heavy (non-hydrogen) atoms. The van der Waals surface area contributed by atoms with Crippen LogP contribution >= 0.6 is 0 Å². The van der Waals surface area contributed by atoms with Gasteiger partial charge in [0.1, 0.15) is 5.75 Å². The Morgan fingerprint density at radius 2 is 1.85 bits per heavy atom. The summed E-state index contributed by atoms with van der Waals surface area (Å²) in [6.07, 6.45) is 9.83. The maximum Gasteiger partial charge on any atom is 0.166 e. The lowest BCUT2D eigenvalue weighted by molar-refractivity contribution is -0.173. The number of ether oxygens (including phenoxy) is 2. The van der Waals surface area contributed by atoms with Crippen molar-refractivity contribution in [3.8, 4) is 5.75 Å². The van der Waals surface area contributed by atoms with Crippen LogP contribution in [0.4, 0.5) is 0 Å². The Morgan fingerprint density at radius 3 is 2.61 bits per heavy atom. The molecule has 0 aromatic heterocycles. The van der Waals surface area contributed by atoms with E-state index < -0.39 is 5.60 Å². The summed E-state index contributed by atoms with van der Waals surface area (Å²) in [5.41, 5.74) is 0.565. The third-order valence-electron chi connectivity index (χ3n) is 10.7. The Labute approximate surface area is 199 Å². The fourth-order valence-corrected chi connectivity index (χ4v) is 9.19. The molecular formula is C29H42O4. The van der Waals surface area contributed by atoms with Gasteiger partial charge in [0.15, 0.2) is 5.78 Å². The van der Waals surface area contributed by atoms with Gasteiger partial charge >= 0.3 is 0 Å². The first-order chi connectivity index (χ1) is 15.7. The highest BCUT2D eigenvalue weighted by Crippen LogP contribution is 2.68. The number of ketones is 1. The molecule has 4 heteroatoms. The number of Topliss-reactive ketones (excluding diaryl/α,β-unsaturated/α-hetero) is 1. The van der Waals surface area contributed by atoms with Crippen LogP contribution in [0.25, 0.3) is 0 Å². The van der Waals surface area contributed by atoms with Gasteiger partial charge in [-0.2, -0.15) is 0 Å². The van der Waals surface area contributed by atoms with Gasteiger partial charge < -0.3 is 14.6 Å². The average molecular weight is 455 g/mol. The summed E-state index contributed by atoms with van der Waals surface area (Å²) in [6, 6.07) is 7.72. The summed E-state index contributed by atoms with van der Waals surface area (Å²) < 4.78 is 11.3. The molecule has 4 aliphatic carbocycles. The minimum atomic E-state index is -0.528. The average Bonchev–Trinajstić information content (AvgIpc) is 3.16. The molecule has 5 rings (SSSR count). The Bertz CT molecular complexity index is 893. The Hall–Kier alpha value is -1.39. The molecule has 0 aliphatic heterocycles. The van der Waals surface area contributed by atoms with Crippen LogP contribution in [0.5, 0.6) is 5.75 Å². The van der Waals surface area contributed by atoms with Crippen molar-refractivity contribution in [2.75, 3.05) is 20.8 Å². The largest absolute Gasteiger partial charge is 0.497 e. The Balaban J connectivity index is 1.41. The van der Waals surface area contributed by atoms with E-state index in [0.717, 1.165) is 50.0 Å². The predicted octanol–water partition coefficient (Wildman–Crippen LogP) is 5.91. The van der Waals surface area contributed by atoms with Crippen molar-refractivity contribution in [2.45, 2.75) is 77.2 Å². The molecule has 0 heterocycles. The fraction of sp³-hybridized carbons (Fsp3) is 0.759. The van der Waals surface area contributed by atoms with Gasteiger partial charge in [0, 0.05) is 18.6 Å². The molecule has 4 nitrogen and oxygen atoms in total. The molecule has 0 bridgehead atoms.